The van der Waals surface area contributed by atoms with Crippen molar-refractivity contribution in [3.8, 4) is 11.5 Å². The summed E-state index contributed by atoms with van der Waals surface area (Å²) in [4.78, 5) is 22.2. The summed E-state index contributed by atoms with van der Waals surface area (Å²) < 4.78 is 6.23. The van der Waals surface area contributed by atoms with Crippen LogP contribution in [0.1, 0.15) is 78.9 Å². The summed E-state index contributed by atoms with van der Waals surface area (Å²) in [5.41, 5.74) is 7.64. The SMILES string of the molecule is Cc1c(C2CCN(CC3=C(c4ccc(Cl)cc4)CC(C)(C)CC3)CC2)ccc(C(=O)O)c1Oc1cnc2[nH]ccc2c1. The number of nitrogens with one attached hydrogen (secondary N) is 1. The van der Waals surface area contributed by atoms with Crippen LogP contribution in [0.25, 0.3) is 16.6 Å². The normalized spacial score (nSPS) is 18.0. The fraction of sp³-hybridized carbons (Fsp3) is 0.371. The molecule has 3 heterocycles. The lowest BCUT2D eigenvalue weighted by Gasteiger charge is -2.38. The van der Waals surface area contributed by atoms with Crippen molar-refractivity contribution in [1.82, 2.24) is 14.9 Å². The maximum Gasteiger partial charge on any atom is 0.339 e. The first-order valence-corrected chi connectivity index (χ1v) is 15.2. The highest BCUT2D eigenvalue weighted by atomic mass is 35.5. The van der Waals surface area contributed by atoms with Crippen LogP contribution in [-0.2, 0) is 0 Å². The molecule has 218 valence electrons. The summed E-state index contributed by atoms with van der Waals surface area (Å²) in [5.74, 6) is 0.291. The van der Waals surface area contributed by atoms with Crippen molar-refractivity contribution >= 4 is 34.2 Å². The monoisotopic (exact) mass is 583 g/mol. The molecule has 2 N–H and O–H groups in total. The van der Waals surface area contributed by atoms with E-state index >= 15 is 0 Å². The Morgan fingerprint density at radius 2 is 1.90 bits per heavy atom. The number of fused-ring (bicyclic) bond motifs is 1. The van der Waals surface area contributed by atoms with Gasteiger partial charge in [0, 0.05) is 23.2 Å². The van der Waals surface area contributed by atoms with Crippen LogP contribution >= 0.6 is 11.6 Å². The summed E-state index contributed by atoms with van der Waals surface area (Å²) in [7, 11) is 0. The van der Waals surface area contributed by atoms with Crippen LogP contribution in [0.3, 0.4) is 0 Å². The molecule has 2 aromatic heterocycles. The number of benzene rings is 2. The molecule has 0 atom stereocenters. The minimum absolute atomic E-state index is 0.171. The number of ether oxygens (including phenoxy) is 1. The van der Waals surface area contributed by atoms with Crippen LogP contribution < -0.4 is 4.74 Å². The third kappa shape index (κ3) is 5.97. The second kappa shape index (κ2) is 11.6. The molecule has 6 rings (SSSR count). The van der Waals surface area contributed by atoms with Gasteiger partial charge in [-0.1, -0.05) is 49.2 Å². The largest absolute Gasteiger partial charge is 0.478 e. The Morgan fingerprint density at radius 3 is 2.64 bits per heavy atom. The first kappa shape index (κ1) is 28.5. The van der Waals surface area contributed by atoms with Crippen molar-refractivity contribution in [1.29, 1.82) is 0 Å². The lowest BCUT2D eigenvalue weighted by Crippen LogP contribution is -2.35. The van der Waals surface area contributed by atoms with E-state index in [4.69, 9.17) is 16.3 Å². The second-order valence-corrected chi connectivity index (χ2v) is 13.1. The van der Waals surface area contributed by atoms with E-state index in [0.717, 1.165) is 66.9 Å². The van der Waals surface area contributed by atoms with Crippen molar-refractivity contribution in [3.05, 3.63) is 93.8 Å². The predicted molar refractivity (Wildman–Crippen MR) is 169 cm³/mol. The molecule has 2 aliphatic rings. The van der Waals surface area contributed by atoms with Gasteiger partial charge in [0.2, 0.25) is 0 Å². The van der Waals surface area contributed by atoms with Gasteiger partial charge in [-0.2, -0.15) is 0 Å². The van der Waals surface area contributed by atoms with E-state index in [-0.39, 0.29) is 5.56 Å². The fourth-order valence-electron chi connectivity index (χ4n) is 6.68. The van der Waals surface area contributed by atoms with Crippen LogP contribution in [0.5, 0.6) is 11.5 Å². The Bertz CT molecular complexity index is 1650. The fourth-order valence-corrected chi connectivity index (χ4v) is 6.80. The number of hydrogen-bond acceptors (Lipinski definition) is 4. The maximum atomic E-state index is 12.1. The number of hydrogen-bond donors (Lipinski definition) is 2. The third-order valence-corrected chi connectivity index (χ3v) is 9.35. The Kier molecular flexibility index (Phi) is 7.86. The lowest BCUT2D eigenvalue weighted by atomic mass is 9.72. The van der Waals surface area contributed by atoms with E-state index in [1.807, 2.05) is 43.5 Å². The van der Waals surface area contributed by atoms with Crippen molar-refractivity contribution in [2.75, 3.05) is 19.6 Å². The second-order valence-electron chi connectivity index (χ2n) is 12.6. The zero-order valence-electron chi connectivity index (χ0n) is 24.5. The van der Waals surface area contributed by atoms with Gasteiger partial charge in [-0.25, -0.2) is 9.78 Å². The van der Waals surface area contributed by atoms with Gasteiger partial charge in [-0.05, 0) is 116 Å². The molecule has 4 aromatic rings. The molecule has 2 aromatic carbocycles. The van der Waals surface area contributed by atoms with Gasteiger partial charge in [-0.3, -0.25) is 4.90 Å². The van der Waals surface area contributed by atoms with Gasteiger partial charge in [0.1, 0.15) is 22.7 Å². The Hall–Kier alpha value is -3.61. The minimum atomic E-state index is -0.995. The molecular weight excluding hydrogens is 546 g/mol. The van der Waals surface area contributed by atoms with Crippen LogP contribution in [0.4, 0.5) is 0 Å². The van der Waals surface area contributed by atoms with Crippen LogP contribution in [0.2, 0.25) is 5.02 Å². The standard InChI is InChI=1S/C35H38ClN3O3/c1-22-29(8-9-30(34(40)41)32(22)42-28-18-25-11-15-37-33(25)38-20-28)24-12-16-39(17-13-24)21-26-10-14-35(2,3)19-31(26)23-4-6-27(36)7-5-23/h4-9,11,15,18,20,24H,10,12-14,16-17,19,21H2,1-3H3,(H,37,38)(H,40,41). The third-order valence-electron chi connectivity index (χ3n) is 9.09. The molecule has 0 saturated carbocycles. The quantitative estimate of drug-likeness (QED) is 0.227. The van der Waals surface area contributed by atoms with E-state index in [9.17, 15) is 9.90 Å². The number of aromatic carboxylic acids is 1. The zero-order chi connectivity index (χ0) is 29.4. The Labute approximate surface area is 252 Å². The molecule has 6 nitrogen and oxygen atoms in total. The number of halogens is 1. The molecule has 0 radical (unpaired) electrons. The number of aromatic amines is 1. The van der Waals surface area contributed by atoms with E-state index in [1.54, 1.807) is 17.8 Å². The molecule has 1 aliphatic heterocycles. The van der Waals surface area contributed by atoms with E-state index in [0.29, 0.717) is 22.8 Å². The first-order chi connectivity index (χ1) is 20.2. The van der Waals surface area contributed by atoms with Gasteiger partial charge in [0.05, 0.1) is 6.20 Å². The van der Waals surface area contributed by atoms with Crippen LogP contribution in [0.15, 0.2) is 66.5 Å². The van der Waals surface area contributed by atoms with E-state index < -0.39 is 5.97 Å². The molecular formula is C35H38ClN3O3. The van der Waals surface area contributed by atoms with Gasteiger partial charge in [-0.15, -0.1) is 0 Å². The van der Waals surface area contributed by atoms with Gasteiger partial charge < -0.3 is 14.8 Å². The number of likely N-dealkylation sites (tertiary alicyclic amines) is 1. The number of carboxylic acid groups (broad SMARTS) is 1. The number of allylic oxidation sites excluding steroid dienone is 1. The van der Waals surface area contributed by atoms with Gasteiger partial charge >= 0.3 is 5.97 Å². The Balaban J connectivity index is 1.20. The van der Waals surface area contributed by atoms with Crippen molar-refractivity contribution < 1.29 is 14.6 Å². The highest BCUT2D eigenvalue weighted by Gasteiger charge is 2.30. The summed E-state index contributed by atoms with van der Waals surface area (Å²) in [6, 6.07) is 15.8. The molecule has 0 unspecified atom stereocenters. The number of carbonyl (C=O) groups is 1. The number of pyridine rings is 1. The minimum Gasteiger partial charge on any atom is -0.478 e. The van der Waals surface area contributed by atoms with Crippen molar-refractivity contribution in [2.45, 2.75) is 58.8 Å². The average molecular weight is 584 g/mol. The topological polar surface area (TPSA) is 78.5 Å². The summed E-state index contributed by atoms with van der Waals surface area (Å²) in [5, 5.41) is 11.6. The summed E-state index contributed by atoms with van der Waals surface area (Å²) in [6.45, 7) is 9.75. The summed E-state index contributed by atoms with van der Waals surface area (Å²) >= 11 is 6.20. The highest BCUT2D eigenvalue weighted by Crippen LogP contribution is 2.44. The predicted octanol–water partition coefficient (Wildman–Crippen LogP) is 8.86. The molecule has 0 spiro atoms. The first-order valence-electron chi connectivity index (χ1n) is 14.8. The molecule has 1 fully saturated rings. The maximum absolute atomic E-state index is 12.1. The molecule has 1 saturated heterocycles. The van der Waals surface area contributed by atoms with Gasteiger partial charge in [0.25, 0.3) is 0 Å². The molecule has 42 heavy (non-hydrogen) atoms. The van der Waals surface area contributed by atoms with Crippen LogP contribution in [0, 0.1) is 12.3 Å². The number of H-pyrrole nitrogens is 1. The van der Waals surface area contributed by atoms with Crippen LogP contribution in [-0.4, -0.2) is 45.6 Å². The molecule has 0 bridgehead atoms. The smallest absolute Gasteiger partial charge is 0.339 e. The molecule has 0 amide bonds. The number of carboxylic acids is 1. The number of nitrogens with zero attached hydrogens (tertiary/aromatic N) is 2. The van der Waals surface area contributed by atoms with Crippen molar-refractivity contribution in [2.24, 2.45) is 5.41 Å². The number of rotatable bonds is 7. The van der Waals surface area contributed by atoms with E-state index in [1.165, 1.54) is 23.1 Å². The lowest BCUT2D eigenvalue weighted by molar-refractivity contribution is 0.0694. The van der Waals surface area contributed by atoms with Crippen molar-refractivity contribution in [3.63, 3.8) is 0 Å². The van der Waals surface area contributed by atoms with E-state index in [2.05, 4.69) is 40.8 Å². The number of aromatic nitrogens is 2. The molecule has 7 heteroatoms. The summed E-state index contributed by atoms with van der Waals surface area (Å²) in [6.07, 6.45) is 8.94. The molecule has 1 aliphatic carbocycles. The average Bonchev–Trinajstić information content (AvgIpc) is 3.44. The zero-order valence-corrected chi connectivity index (χ0v) is 25.3. The van der Waals surface area contributed by atoms with Gasteiger partial charge in [0.15, 0.2) is 0 Å². The Morgan fingerprint density at radius 1 is 1.14 bits per heavy atom. The highest BCUT2D eigenvalue weighted by molar-refractivity contribution is 6.30. The number of piperidine rings is 1.